The van der Waals surface area contributed by atoms with Crippen molar-refractivity contribution in [2.75, 3.05) is 13.1 Å². The van der Waals surface area contributed by atoms with Crippen LogP contribution in [0.4, 0.5) is 5.69 Å². The first kappa shape index (κ1) is 12.6. The number of piperidine rings is 1. The monoisotopic (exact) mass is 262 g/mol. The van der Waals surface area contributed by atoms with Crippen LogP contribution >= 0.6 is 0 Å². The predicted molar refractivity (Wildman–Crippen MR) is 71.1 cm³/mol. The minimum Gasteiger partial charge on any atom is -0.367 e. The van der Waals surface area contributed by atoms with E-state index in [1.165, 1.54) is 5.56 Å². The fourth-order valence-electron chi connectivity index (χ4n) is 3.24. The quantitative estimate of drug-likeness (QED) is 0.623. The van der Waals surface area contributed by atoms with E-state index in [4.69, 9.17) is 4.74 Å². The Bertz CT molecular complexity index is 509. The van der Waals surface area contributed by atoms with Gasteiger partial charge in [0.25, 0.3) is 5.69 Å². The van der Waals surface area contributed by atoms with Gasteiger partial charge in [-0.05, 0) is 44.0 Å². The van der Waals surface area contributed by atoms with E-state index in [1.807, 2.05) is 13.0 Å². The maximum Gasteiger partial charge on any atom is 0.269 e. The molecule has 2 aliphatic rings. The van der Waals surface area contributed by atoms with Gasteiger partial charge in [-0.15, -0.1) is 0 Å². The Morgan fingerprint density at radius 1 is 1.42 bits per heavy atom. The van der Waals surface area contributed by atoms with Crippen LogP contribution in [-0.2, 0) is 11.2 Å². The molecule has 0 radical (unpaired) electrons. The van der Waals surface area contributed by atoms with Crippen LogP contribution in [0.3, 0.4) is 0 Å². The van der Waals surface area contributed by atoms with Gasteiger partial charge in [0.05, 0.1) is 16.6 Å². The number of nitrogens with one attached hydrogen (secondary N) is 1. The number of ether oxygens (including phenoxy) is 1. The third kappa shape index (κ3) is 2.24. The predicted octanol–water partition coefficient (Wildman–Crippen LogP) is 2.35. The molecule has 5 nitrogen and oxygen atoms in total. The summed E-state index contributed by atoms with van der Waals surface area (Å²) in [6.45, 7) is 3.95. The van der Waals surface area contributed by atoms with E-state index in [0.29, 0.717) is 0 Å². The number of nitro groups is 1. The Labute approximate surface area is 112 Å². The van der Waals surface area contributed by atoms with Crippen molar-refractivity contribution in [2.45, 2.75) is 37.9 Å². The third-order valence-electron chi connectivity index (χ3n) is 4.23. The van der Waals surface area contributed by atoms with Crippen molar-refractivity contribution in [3.05, 3.63) is 39.4 Å². The van der Waals surface area contributed by atoms with Gasteiger partial charge in [0.15, 0.2) is 0 Å². The summed E-state index contributed by atoms with van der Waals surface area (Å²) >= 11 is 0. The van der Waals surface area contributed by atoms with Gasteiger partial charge >= 0.3 is 0 Å². The first-order valence-corrected chi connectivity index (χ1v) is 6.75. The van der Waals surface area contributed by atoms with Gasteiger partial charge in [-0.2, -0.15) is 0 Å². The highest BCUT2D eigenvalue weighted by Crippen LogP contribution is 2.41. The first-order valence-electron chi connectivity index (χ1n) is 6.75. The average molecular weight is 262 g/mol. The maximum atomic E-state index is 10.8. The molecule has 0 aliphatic carbocycles. The summed E-state index contributed by atoms with van der Waals surface area (Å²) in [6, 6.07) is 5.16. The molecule has 1 atom stereocenters. The molecule has 5 heteroatoms. The Morgan fingerprint density at radius 2 is 2.16 bits per heavy atom. The molecule has 1 unspecified atom stereocenters. The summed E-state index contributed by atoms with van der Waals surface area (Å²) in [6.07, 6.45) is 2.81. The van der Waals surface area contributed by atoms with Gasteiger partial charge in [0, 0.05) is 18.6 Å². The lowest BCUT2D eigenvalue weighted by Crippen LogP contribution is -2.48. The molecule has 102 valence electrons. The summed E-state index contributed by atoms with van der Waals surface area (Å²) in [5.74, 6) is 0. The number of nitrogens with zero attached hydrogens (tertiary/aromatic N) is 1. The Hall–Kier alpha value is -1.46. The normalized spacial score (nSPS) is 25.0. The standard InChI is InChI=1S/C14H18N2O3/c1-10-13-8-12(16(17)18)3-2-11(13)9-14(19-10)4-6-15-7-5-14/h2-3,8,10,15H,4-7,9H2,1H3. The van der Waals surface area contributed by atoms with Gasteiger partial charge in [-0.25, -0.2) is 0 Å². The van der Waals surface area contributed by atoms with Crippen molar-refractivity contribution in [2.24, 2.45) is 0 Å². The van der Waals surface area contributed by atoms with Crippen molar-refractivity contribution in [1.29, 1.82) is 0 Å². The van der Waals surface area contributed by atoms with Crippen LogP contribution in [0.15, 0.2) is 18.2 Å². The number of non-ortho nitro benzene ring substituents is 1. The van der Waals surface area contributed by atoms with Gasteiger partial charge in [0.1, 0.15) is 0 Å². The molecule has 1 aromatic carbocycles. The van der Waals surface area contributed by atoms with Crippen LogP contribution in [0.2, 0.25) is 0 Å². The number of fused-ring (bicyclic) bond motifs is 1. The number of nitro benzene ring substituents is 1. The van der Waals surface area contributed by atoms with Gasteiger partial charge in [0.2, 0.25) is 0 Å². The average Bonchev–Trinajstić information content (AvgIpc) is 2.39. The Balaban J connectivity index is 1.94. The minimum absolute atomic E-state index is 0.0678. The van der Waals surface area contributed by atoms with Gasteiger partial charge in [-0.3, -0.25) is 10.1 Å². The second-order valence-corrected chi connectivity index (χ2v) is 5.51. The highest BCUT2D eigenvalue weighted by Gasteiger charge is 2.39. The molecule has 1 aromatic rings. The molecule has 0 aromatic heterocycles. The second kappa shape index (κ2) is 4.58. The lowest BCUT2D eigenvalue weighted by atomic mass is 9.80. The molecule has 2 heterocycles. The lowest BCUT2D eigenvalue weighted by Gasteiger charge is -2.44. The van der Waals surface area contributed by atoms with Crippen LogP contribution in [0.25, 0.3) is 0 Å². The lowest BCUT2D eigenvalue weighted by molar-refractivity contribution is -0.385. The number of rotatable bonds is 1. The highest BCUT2D eigenvalue weighted by atomic mass is 16.6. The van der Waals surface area contributed by atoms with Crippen LogP contribution in [-0.4, -0.2) is 23.6 Å². The summed E-state index contributed by atoms with van der Waals surface area (Å²) in [7, 11) is 0. The zero-order chi connectivity index (χ0) is 13.5. The van der Waals surface area contributed by atoms with Crippen LogP contribution < -0.4 is 5.32 Å². The summed E-state index contributed by atoms with van der Waals surface area (Å²) < 4.78 is 6.21. The van der Waals surface area contributed by atoms with E-state index in [9.17, 15) is 10.1 Å². The van der Waals surface area contributed by atoms with Gasteiger partial charge in [-0.1, -0.05) is 6.07 Å². The molecule has 1 spiro atoms. The SMILES string of the molecule is CC1OC2(CCNCC2)Cc2ccc([N+](=O)[O-])cc21. The summed E-state index contributed by atoms with van der Waals surface area (Å²) in [5, 5.41) is 14.2. The number of benzene rings is 1. The van der Waals surface area contributed by atoms with E-state index in [1.54, 1.807) is 12.1 Å². The van der Waals surface area contributed by atoms with E-state index in [-0.39, 0.29) is 22.3 Å². The van der Waals surface area contributed by atoms with Crippen molar-refractivity contribution < 1.29 is 9.66 Å². The van der Waals surface area contributed by atoms with Crippen LogP contribution in [0.1, 0.15) is 37.0 Å². The molecule has 1 N–H and O–H groups in total. The van der Waals surface area contributed by atoms with Crippen LogP contribution in [0.5, 0.6) is 0 Å². The zero-order valence-corrected chi connectivity index (χ0v) is 11.0. The topological polar surface area (TPSA) is 64.4 Å². The van der Waals surface area contributed by atoms with Crippen molar-refractivity contribution >= 4 is 5.69 Å². The molecule has 1 fully saturated rings. The maximum absolute atomic E-state index is 10.8. The van der Waals surface area contributed by atoms with Crippen molar-refractivity contribution in [3.63, 3.8) is 0 Å². The van der Waals surface area contributed by atoms with Crippen molar-refractivity contribution in [3.8, 4) is 0 Å². The summed E-state index contributed by atoms with van der Waals surface area (Å²) in [4.78, 5) is 10.5. The van der Waals surface area contributed by atoms with Gasteiger partial charge < -0.3 is 10.1 Å². The molecule has 3 rings (SSSR count). The van der Waals surface area contributed by atoms with E-state index in [0.717, 1.165) is 37.9 Å². The fraction of sp³-hybridized carbons (Fsp3) is 0.571. The molecular formula is C14H18N2O3. The molecule has 0 bridgehead atoms. The first-order chi connectivity index (χ1) is 9.10. The van der Waals surface area contributed by atoms with E-state index >= 15 is 0 Å². The summed E-state index contributed by atoms with van der Waals surface area (Å²) in [5.41, 5.74) is 2.24. The molecular weight excluding hydrogens is 244 g/mol. The van der Waals surface area contributed by atoms with Crippen LogP contribution in [0, 0.1) is 10.1 Å². The molecule has 19 heavy (non-hydrogen) atoms. The fourth-order valence-corrected chi connectivity index (χ4v) is 3.24. The molecule has 2 aliphatic heterocycles. The molecule has 1 saturated heterocycles. The van der Waals surface area contributed by atoms with E-state index < -0.39 is 0 Å². The molecule has 0 saturated carbocycles. The Kier molecular flexibility index (Phi) is 3.03. The van der Waals surface area contributed by atoms with E-state index in [2.05, 4.69) is 5.32 Å². The number of hydrogen-bond acceptors (Lipinski definition) is 4. The highest BCUT2D eigenvalue weighted by molar-refractivity contribution is 5.43. The largest absolute Gasteiger partial charge is 0.367 e. The number of hydrogen-bond donors (Lipinski definition) is 1. The second-order valence-electron chi connectivity index (χ2n) is 5.51. The third-order valence-corrected chi connectivity index (χ3v) is 4.23. The minimum atomic E-state index is -0.345. The zero-order valence-electron chi connectivity index (χ0n) is 11.0. The molecule has 0 amide bonds. The van der Waals surface area contributed by atoms with Crippen molar-refractivity contribution in [1.82, 2.24) is 5.32 Å². The Morgan fingerprint density at radius 3 is 2.84 bits per heavy atom. The smallest absolute Gasteiger partial charge is 0.269 e.